The van der Waals surface area contributed by atoms with Crippen LogP contribution in [0.25, 0.3) is 0 Å². The first-order valence-electron chi connectivity index (χ1n) is 9.03. The van der Waals surface area contributed by atoms with Gasteiger partial charge in [-0.2, -0.15) is 0 Å². The molecule has 6 nitrogen and oxygen atoms in total. The summed E-state index contributed by atoms with van der Waals surface area (Å²) in [4.78, 5) is 0. The molecule has 0 saturated carbocycles. The van der Waals surface area contributed by atoms with Gasteiger partial charge in [0.1, 0.15) is 24.4 Å². The normalized spacial score (nSPS) is 29.4. The number of hydrogen-bond acceptors (Lipinski definition) is 6. The fourth-order valence-corrected chi connectivity index (χ4v) is 2.74. The van der Waals surface area contributed by atoms with Crippen molar-refractivity contribution >= 4 is 0 Å². The minimum Gasteiger partial charge on any atom is -0.376 e. The van der Waals surface area contributed by atoms with Crippen LogP contribution in [0.4, 0.5) is 0 Å². The summed E-state index contributed by atoms with van der Waals surface area (Å²) in [5.41, 5.74) is 0. The van der Waals surface area contributed by atoms with Gasteiger partial charge in [0.2, 0.25) is 0 Å². The molecular formula is C18H36O6. The first-order chi connectivity index (χ1) is 11.1. The third-order valence-electron chi connectivity index (χ3n) is 3.49. The highest BCUT2D eigenvalue weighted by Gasteiger charge is 2.50. The topological polar surface area (TPSA) is 66.4 Å². The number of aliphatic hydroxyl groups excluding tert-OH is 1. The van der Waals surface area contributed by atoms with Gasteiger partial charge in [0, 0.05) is 0 Å². The molecule has 1 heterocycles. The molecule has 0 radical (unpaired) electrons. The molecule has 144 valence electrons. The van der Waals surface area contributed by atoms with E-state index in [0.29, 0.717) is 6.61 Å². The molecule has 0 aliphatic carbocycles. The van der Waals surface area contributed by atoms with Crippen LogP contribution in [-0.2, 0) is 23.7 Å². The fraction of sp³-hybridized carbons (Fsp3) is 1.00. The van der Waals surface area contributed by atoms with Gasteiger partial charge < -0.3 is 28.8 Å². The van der Waals surface area contributed by atoms with E-state index in [2.05, 4.69) is 0 Å². The quantitative estimate of drug-likeness (QED) is 0.654. The van der Waals surface area contributed by atoms with Crippen LogP contribution in [0.15, 0.2) is 0 Å². The second-order valence-corrected chi connectivity index (χ2v) is 7.40. The summed E-state index contributed by atoms with van der Waals surface area (Å²) in [6, 6.07) is 0. The lowest BCUT2D eigenvalue weighted by atomic mass is 10.0. The summed E-state index contributed by atoms with van der Waals surface area (Å²) in [5, 5.41) is 10.3. The van der Waals surface area contributed by atoms with Crippen molar-refractivity contribution in [1.82, 2.24) is 0 Å². The van der Waals surface area contributed by atoms with Crippen LogP contribution in [0, 0.1) is 0 Å². The van der Waals surface area contributed by atoms with Crippen molar-refractivity contribution in [2.75, 3.05) is 6.61 Å². The average Bonchev–Trinajstić information content (AvgIpc) is 2.70. The van der Waals surface area contributed by atoms with E-state index >= 15 is 0 Å². The molecule has 1 aliphatic rings. The van der Waals surface area contributed by atoms with Crippen LogP contribution < -0.4 is 0 Å². The maximum Gasteiger partial charge on any atom is 0.184 e. The van der Waals surface area contributed by atoms with Crippen LogP contribution in [0.1, 0.15) is 55.4 Å². The average molecular weight is 348 g/mol. The zero-order chi connectivity index (χ0) is 18.4. The van der Waals surface area contributed by atoms with Crippen molar-refractivity contribution in [2.24, 2.45) is 0 Å². The lowest BCUT2D eigenvalue weighted by molar-refractivity contribution is -0.181. The van der Waals surface area contributed by atoms with Gasteiger partial charge in [0.25, 0.3) is 0 Å². The minimum atomic E-state index is -1.04. The van der Waals surface area contributed by atoms with E-state index in [1.54, 1.807) is 0 Å². The summed E-state index contributed by atoms with van der Waals surface area (Å²) >= 11 is 0. The van der Waals surface area contributed by atoms with Crippen LogP contribution in [0.5, 0.6) is 0 Å². The van der Waals surface area contributed by atoms with Gasteiger partial charge in [0.05, 0.1) is 31.0 Å². The summed E-state index contributed by atoms with van der Waals surface area (Å²) < 4.78 is 29.4. The summed E-state index contributed by atoms with van der Waals surface area (Å²) in [7, 11) is 0. The highest BCUT2D eigenvalue weighted by Crippen LogP contribution is 2.31. The zero-order valence-corrected chi connectivity index (χ0v) is 16.4. The molecule has 0 bridgehead atoms. The first kappa shape index (κ1) is 21.8. The van der Waals surface area contributed by atoms with Gasteiger partial charge in [0.15, 0.2) is 6.29 Å². The molecule has 1 fully saturated rings. The molecule has 1 aliphatic heterocycles. The zero-order valence-electron chi connectivity index (χ0n) is 16.4. The SMILES string of the molecule is CC(C)OC[C@@H](OC(C)C)[C@H]1O[C@H](O)[C@H](OC(C)C)[C@@H]1OC(C)C. The molecule has 1 N–H and O–H groups in total. The molecule has 24 heavy (non-hydrogen) atoms. The second kappa shape index (κ2) is 10.0. The molecule has 0 spiro atoms. The maximum absolute atomic E-state index is 10.3. The molecule has 1 rings (SSSR count). The minimum absolute atomic E-state index is 0.0104. The highest BCUT2D eigenvalue weighted by atomic mass is 16.7. The summed E-state index contributed by atoms with van der Waals surface area (Å²) in [6.45, 7) is 16.0. The van der Waals surface area contributed by atoms with Crippen molar-refractivity contribution in [3.8, 4) is 0 Å². The van der Waals surface area contributed by atoms with E-state index in [1.165, 1.54) is 0 Å². The van der Waals surface area contributed by atoms with Crippen molar-refractivity contribution < 1.29 is 28.8 Å². The van der Waals surface area contributed by atoms with E-state index in [4.69, 9.17) is 23.7 Å². The molecule has 0 aromatic carbocycles. The number of rotatable bonds is 10. The van der Waals surface area contributed by atoms with E-state index in [0.717, 1.165) is 0 Å². The fourth-order valence-electron chi connectivity index (χ4n) is 2.74. The molecule has 5 atom stereocenters. The van der Waals surface area contributed by atoms with Gasteiger partial charge in [-0.1, -0.05) is 0 Å². The highest BCUT2D eigenvalue weighted by molar-refractivity contribution is 4.94. The van der Waals surface area contributed by atoms with Crippen molar-refractivity contribution in [1.29, 1.82) is 0 Å². The van der Waals surface area contributed by atoms with E-state index in [-0.39, 0.29) is 30.5 Å². The Bertz CT molecular complexity index is 344. The number of aliphatic hydroxyl groups is 1. The van der Waals surface area contributed by atoms with E-state index in [9.17, 15) is 5.11 Å². The Morgan fingerprint density at radius 2 is 1.33 bits per heavy atom. The monoisotopic (exact) mass is 348 g/mol. The summed E-state index contributed by atoms with van der Waals surface area (Å²) in [6.07, 6.45) is -2.76. The molecule has 0 aromatic heterocycles. The van der Waals surface area contributed by atoms with Crippen LogP contribution in [-0.4, -0.2) is 66.8 Å². The van der Waals surface area contributed by atoms with Gasteiger partial charge in [-0.15, -0.1) is 0 Å². The lowest BCUT2D eigenvalue weighted by Crippen LogP contribution is -2.47. The number of ether oxygens (including phenoxy) is 5. The first-order valence-corrected chi connectivity index (χ1v) is 9.03. The maximum atomic E-state index is 10.3. The Labute approximate surface area is 146 Å². The lowest BCUT2D eigenvalue weighted by Gasteiger charge is -2.32. The largest absolute Gasteiger partial charge is 0.376 e. The van der Waals surface area contributed by atoms with Crippen LogP contribution in [0.3, 0.4) is 0 Å². The Hall–Kier alpha value is -0.240. The molecule has 6 heteroatoms. The third kappa shape index (κ3) is 6.94. The van der Waals surface area contributed by atoms with Crippen molar-refractivity contribution in [3.05, 3.63) is 0 Å². The number of hydrogen-bond donors (Lipinski definition) is 1. The van der Waals surface area contributed by atoms with Crippen LogP contribution >= 0.6 is 0 Å². The third-order valence-corrected chi connectivity index (χ3v) is 3.49. The van der Waals surface area contributed by atoms with E-state index in [1.807, 2.05) is 55.4 Å². The molecule has 0 aromatic rings. The van der Waals surface area contributed by atoms with Crippen LogP contribution in [0.2, 0.25) is 0 Å². The standard InChI is InChI=1S/C18H36O6/c1-10(2)20-9-14(21-11(3)4)15-16(22-12(5)6)17(18(19)24-15)23-13(7)8/h10-19H,9H2,1-8H3/t14-,15-,16-,17-,18+/m1/s1. The molecule has 1 saturated heterocycles. The van der Waals surface area contributed by atoms with Gasteiger partial charge >= 0.3 is 0 Å². The summed E-state index contributed by atoms with van der Waals surface area (Å²) in [5.74, 6) is 0. The predicted molar refractivity (Wildman–Crippen MR) is 92.0 cm³/mol. The Morgan fingerprint density at radius 3 is 1.79 bits per heavy atom. The Kier molecular flexibility index (Phi) is 9.12. The predicted octanol–water partition coefficient (Wildman–Crippen LogP) is 2.51. The Balaban J connectivity index is 2.95. The van der Waals surface area contributed by atoms with Gasteiger partial charge in [-0.25, -0.2) is 0 Å². The second-order valence-electron chi connectivity index (χ2n) is 7.40. The van der Waals surface area contributed by atoms with Crippen molar-refractivity contribution in [3.63, 3.8) is 0 Å². The van der Waals surface area contributed by atoms with Gasteiger partial charge in [-0.05, 0) is 55.4 Å². The van der Waals surface area contributed by atoms with Crippen molar-refractivity contribution in [2.45, 2.75) is 111 Å². The Morgan fingerprint density at radius 1 is 0.792 bits per heavy atom. The molecule has 0 unspecified atom stereocenters. The molecular weight excluding hydrogens is 312 g/mol. The molecule has 0 amide bonds. The smallest absolute Gasteiger partial charge is 0.184 e. The van der Waals surface area contributed by atoms with E-state index < -0.39 is 24.6 Å². The van der Waals surface area contributed by atoms with Gasteiger partial charge in [-0.3, -0.25) is 0 Å².